The van der Waals surface area contributed by atoms with Crippen LogP contribution in [0.5, 0.6) is 0 Å². The van der Waals surface area contributed by atoms with Crippen LogP contribution in [0.1, 0.15) is 29.9 Å². The molecule has 0 unspecified atom stereocenters. The van der Waals surface area contributed by atoms with E-state index in [4.69, 9.17) is 10.5 Å². The lowest BCUT2D eigenvalue weighted by Crippen LogP contribution is -2.31. The minimum absolute atomic E-state index is 0.343. The average molecular weight is 279 g/mol. The molecule has 0 bridgehead atoms. The highest BCUT2D eigenvalue weighted by molar-refractivity contribution is 7.16. The fraction of sp³-hybridized carbons (Fsp3) is 0.417. The van der Waals surface area contributed by atoms with Gasteiger partial charge in [0.2, 0.25) is 0 Å². The molecule has 0 aliphatic carbocycles. The van der Waals surface area contributed by atoms with E-state index in [0.29, 0.717) is 23.6 Å². The van der Waals surface area contributed by atoms with Crippen LogP contribution < -0.4 is 11.1 Å². The van der Waals surface area contributed by atoms with Crippen LogP contribution in [0.4, 0.5) is 5.00 Å². The zero-order valence-corrected chi connectivity index (χ0v) is 11.4. The Balaban J connectivity index is 2.38. The summed E-state index contributed by atoms with van der Waals surface area (Å²) in [6.45, 7) is 4.28. The van der Waals surface area contributed by atoms with E-state index < -0.39 is 11.8 Å². The van der Waals surface area contributed by atoms with Gasteiger partial charge >= 0.3 is 11.8 Å². The van der Waals surface area contributed by atoms with Crippen LogP contribution in [0.25, 0.3) is 0 Å². The monoisotopic (exact) mass is 279 g/mol. The molecule has 3 N–H and O–H groups in total. The van der Waals surface area contributed by atoms with Crippen molar-refractivity contribution in [3.05, 3.63) is 16.0 Å². The molecule has 0 radical (unpaired) electrons. The van der Waals surface area contributed by atoms with Gasteiger partial charge in [-0.05, 0) is 19.4 Å². The zero-order chi connectivity index (χ0) is 14.2. The van der Waals surface area contributed by atoms with Crippen molar-refractivity contribution < 1.29 is 14.3 Å². The largest absolute Gasteiger partial charge is 0.370 e. The predicted molar refractivity (Wildman–Crippen MR) is 69.4 cm³/mol. The van der Waals surface area contributed by atoms with Crippen molar-refractivity contribution in [2.24, 2.45) is 5.73 Å². The third kappa shape index (κ3) is 2.59. The van der Waals surface area contributed by atoms with Crippen LogP contribution in [0.3, 0.4) is 0 Å². The van der Waals surface area contributed by atoms with Gasteiger partial charge in [-0.1, -0.05) is 0 Å². The molecule has 7 heteroatoms. The highest BCUT2D eigenvalue weighted by Crippen LogP contribution is 2.39. The maximum atomic E-state index is 11.3. The second-order valence-corrected chi connectivity index (χ2v) is 5.97. The third-order valence-electron chi connectivity index (χ3n) is 2.85. The van der Waals surface area contributed by atoms with Crippen molar-refractivity contribution in [3.63, 3.8) is 0 Å². The molecule has 0 saturated heterocycles. The smallest absolute Gasteiger partial charge is 0.314 e. The van der Waals surface area contributed by atoms with E-state index in [1.807, 2.05) is 13.8 Å². The number of carbonyl (C=O) groups excluding carboxylic acids is 2. The molecule has 0 fully saturated rings. The molecule has 100 valence electrons. The molecule has 0 spiro atoms. The molecule has 19 heavy (non-hydrogen) atoms. The van der Waals surface area contributed by atoms with Gasteiger partial charge in [0, 0.05) is 11.3 Å². The van der Waals surface area contributed by atoms with E-state index in [9.17, 15) is 14.9 Å². The van der Waals surface area contributed by atoms with E-state index in [1.54, 1.807) is 0 Å². The van der Waals surface area contributed by atoms with Crippen LogP contribution in [0, 0.1) is 11.3 Å². The first-order chi connectivity index (χ1) is 8.84. The summed E-state index contributed by atoms with van der Waals surface area (Å²) in [5.41, 5.74) is 5.82. The number of ether oxygens (including phenoxy) is 1. The van der Waals surface area contributed by atoms with E-state index >= 15 is 0 Å². The van der Waals surface area contributed by atoms with Gasteiger partial charge in [0.1, 0.15) is 11.1 Å². The predicted octanol–water partition coefficient (Wildman–Crippen LogP) is 0.895. The van der Waals surface area contributed by atoms with Crippen molar-refractivity contribution in [2.75, 3.05) is 5.32 Å². The summed E-state index contributed by atoms with van der Waals surface area (Å²) in [6.07, 6.45) is 0.591. The minimum atomic E-state index is -1.08. The molecular weight excluding hydrogens is 266 g/mol. The zero-order valence-electron chi connectivity index (χ0n) is 10.6. The normalized spacial score (nSPS) is 16.3. The van der Waals surface area contributed by atoms with Gasteiger partial charge in [0.25, 0.3) is 0 Å². The van der Waals surface area contributed by atoms with Gasteiger partial charge in [-0.15, -0.1) is 11.3 Å². The maximum Gasteiger partial charge on any atom is 0.314 e. The van der Waals surface area contributed by atoms with E-state index in [2.05, 4.69) is 11.4 Å². The van der Waals surface area contributed by atoms with Gasteiger partial charge in [0.15, 0.2) is 0 Å². The van der Waals surface area contributed by atoms with Crippen LogP contribution in [0.2, 0.25) is 0 Å². The first kappa shape index (κ1) is 13.5. The number of hydrogen-bond acceptors (Lipinski definition) is 5. The number of rotatable bonds is 1. The number of primary amides is 1. The number of fused-ring (bicyclic) bond motifs is 1. The average Bonchev–Trinajstić information content (AvgIpc) is 2.64. The second-order valence-electron chi connectivity index (χ2n) is 4.86. The molecule has 0 saturated carbocycles. The molecule has 6 nitrogen and oxygen atoms in total. The van der Waals surface area contributed by atoms with Gasteiger partial charge in [-0.3, -0.25) is 9.59 Å². The molecule has 2 rings (SSSR count). The standard InChI is InChI=1S/C12H13N3O3S/c1-12(2)3-6-7(4-13)11(15-10(17)9(14)16)19-8(6)5-18-12/h3,5H2,1-2H3,(H2,14,16)(H,15,17). The van der Waals surface area contributed by atoms with Gasteiger partial charge in [-0.25, -0.2) is 0 Å². The fourth-order valence-corrected chi connectivity index (χ4v) is 3.00. The summed E-state index contributed by atoms with van der Waals surface area (Å²) in [4.78, 5) is 23.0. The summed E-state index contributed by atoms with van der Waals surface area (Å²) >= 11 is 1.25. The van der Waals surface area contributed by atoms with Crippen molar-refractivity contribution in [2.45, 2.75) is 32.5 Å². The molecule has 1 aromatic heterocycles. The fourth-order valence-electron chi connectivity index (χ4n) is 1.92. The number of hydrogen-bond donors (Lipinski definition) is 2. The topological polar surface area (TPSA) is 105 Å². The van der Waals surface area contributed by atoms with Gasteiger partial charge in [0.05, 0.1) is 17.8 Å². The highest BCUT2D eigenvalue weighted by Gasteiger charge is 2.31. The summed E-state index contributed by atoms with van der Waals surface area (Å²) in [5, 5.41) is 12.0. The summed E-state index contributed by atoms with van der Waals surface area (Å²) in [6, 6.07) is 2.07. The van der Waals surface area contributed by atoms with Crippen LogP contribution in [0.15, 0.2) is 0 Å². The van der Waals surface area contributed by atoms with Crippen LogP contribution in [-0.2, 0) is 27.4 Å². The van der Waals surface area contributed by atoms with Gasteiger partial charge in [-0.2, -0.15) is 5.26 Å². The molecule has 1 aliphatic heterocycles. The summed E-state index contributed by atoms with van der Waals surface area (Å²) in [7, 11) is 0. The third-order valence-corrected chi connectivity index (χ3v) is 3.97. The Kier molecular flexibility index (Phi) is 3.30. The van der Waals surface area contributed by atoms with Crippen molar-refractivity contribution in [3.8, 4) is 6.07 Å². The number of amides is 2. The second kappa shape index (κ2) is 4.64. The lowest BCUT2D eigenvalue weighted by Gasteiger charge is -2.29. The van der Waals surface area contributed by atoms with Crippen molar-refractivity contribution >= 4 is 28.2 Å². The molecule has 0 aromatic carbocycles. The van der Waals surface area contributed by atoms with Crippen molar-refractivity contribution in [1.29, 1.82) is 5.26 Å². The number of thiophene rings is 1. The van der Waals surface area contributed by atoms with Crippen molar-refractivity contribution in [1.82, 2.24) is 0 Å². The Morgan fingerprint density at radius 1 is 1.53 bits per heavy atom. The quantitative estimate of drug-likeness (QED) is 0.745. The number of anilines is 1. The summed E-state index contributed by atoms with van der Waals surface area (Å²) < 4.78 is 5.65. The lowest BCUT2D eigenvalue weighted by molar-refractivity contribution is -0.134. The Morgan fingerprint density at radius 3 is 2.79 bits per heavy atom. The van der Waals surface area contributed by atoms with E-state index in [-0.39, 0.29) is 5.60 Å². The van der Waals surface area contributed by atoms with Crippen LogP contribution in [-0.4, -0.2) is 17.4 Å². The Labute approximate surface area is 114 Å². The minimum Gasteiger partial charge on any atom is -0.370 e. The Hall–Kier alpha value is -1.91. The molecule has 2 amide bonds. The van der Waals surface area contributed by atoms with Crippen LogP contribution >= 0.6 is 11.3 Å². The molecule has 2 heterocycles. The van der Waals surface area contributed by atoms with E-state index in [0.717, 1.165) is 10.4 Å². The lowest BCUT2D eigenvalue weighted by atomic mass is 9.93. The SMILES string of the molecule is CC1(C)Cc2c(sc(NC(=O)C(N)=O)c2C#N)CO1. The number of nitriles is 1. The maximum absolute atomic E-state index is 11.3. The first-order valence-corrected chi connectivity index (χ1v) is 6.45. The molecule has 0 atom stereocenters. The first-order valence-electron chi connectivity index (χ1n) is 5.63. The Morgan fingerprint density at radius 2 is 2.21 bits per heavy atom. The number of nitrogens with zero attached hydrogens (tertiary/aromatic N) is 1. The number of nitrogens with two attached hydrogens (primary N) is 1. The molecular formula is C12H13N3O3S. The molecule has 1 aromatic rings. The number of carbonyl (C=O) groups is 2. The molecule has 1 aliphatic rings. The summed E-state index contributed by atoms with van der Waals surface area (Å²) in [5.74, 6) is -2.00. The highest BCUT2D eigenvalue weighted by atomic mass is 32.1. The van der Waals surface area contributed by atoms with Gasteiger partial charge < -0.3 is 15.8 Å². The van der Waals surface area contributed by atoms with E-state index in [1.165, 1.54) is 11.3 Å². The Bertz CT molecular complexity index is 598. The number of nitrogens with one attached hydrogen (secondary N) is 1.